The molecular formula is C40H20BF20N. The van der Waals surface area contributed by atoms with Crippen molar-refractivity contribution >= 4 is 28.0 Å². The monoisotopic (exact) mass is 905 g/mol. The van der Waals surface area contributed by atoms with Crippen molar-refractivity contribution in [3.05, 3.63) is 182 Å². The fourth-order valence-electron chi connectivity index (χ4n) is 6.73. The van der Waals surface area contributed by atoms with E-state index in [0.717, 1.165) is 6.54 Å². The van der Waals surface area contributed by atoms with Crippen molar-refractivity contribution in [2.45, 2.75) is 32.7 Å². The van der Waals surface area contributed by atoms with Gasteiger partial charge in [-0.25, -0.2) is 92.4 Å². The van der Waals surface area contributed by atoms with Gasteiger partial charge in [0.1, 0.15) is 52.7 Å². The SMILES string of the molecule is CC(C)(C)c1ccc(C[n+]2ccccc2)cc1.Fc1c(F)c(F)c([B-](c2c(F)c(F)c(F)c(F)c2F)(c2c(F)c(F)c(F)c(F)c2F)c2c(F)c(F)c(F)c(F)c2F)c(F)c1F. The van der Waals surface area contributed by atoms with Crippen LogP contribution in [0.25, 0.3) is 0 Å². The number of benzene rings is 5. The number of hydrogen-bond donors (Lipinski definition) is 0. The number of aromatic nitrogens is 1. The van der Waals surface area contributed by atoms with Crippen LogP contribution in [0.4, 0.5) is 87.8 Å². The van der Waals surface area contributed by atoms with Crippen LogP contribution in [0.3, 0.4) is 0 Å². The number of pyridine rings is 1. The van der Waals surface area contributed by atoms with Crippen LogP contribution in [-0.4, -0.2) is 6.15 Å². The molecule has 1 heterocycles. The summed E-state index contributed by atoms with van der Waals surface area (Å²) in [5.74, 6) is -71.4. The highest BCUT2D eigenvalue weighted by atomic mass is 19.2. The summed E-state index contributed by atoms with van der Waals surface area (Å²) in [6.07, 6.45) is -3.03. The molecule has 0 aliphatic heterocycles. The molecule has 0 spiro atoms. The summed E-state index contributed by atoms with van der Waals surface area (Å²) in [6, 6.07) is 15.1. The molecule has 0 amide bonds. The second kappa shape index (κ2) is 17.0. The molecule has 62 heavy (non-hydrogen) atoms. The minimum absolute atomic E-state index is 0.235. The number of hydrogen-bond acceptors (Lipinski definition) is 0. The van der Waals surface area contributed by atoms with Crippen molar-refractivity contribution in [2.24, 2.45) is 0 Å². The van der Waals surface area contributed by atoms with Crippen LogP contribution in [0.15, 0.2) is 54.9 Å². The molecule has 6 rings (SSSR count). The number of nitrogens with zero attached hydrogens (tertiary/aromatic N) is 1. The molecule has 0 aliphatic carbocycles. The smallest absolute Gasteiger partial charge is 0.200 e. The quantitative estimate of drug-likeness (QED) is 0.0517. The van der Waals surface area contributed by atoms with Crippen molar-refractivity contribution in [2.75, 3.05) is 0 Å². The zero-order valence-corrected chi connectivity index (χ0v) is 31.0. The van der Waals surface area contributed by atoms with Gasteiger partial charge in [-0.15, -0.1) is 21.9 Å². The Bertz CT molecular complexity index is 2350. The zero-order chi connectivity index (χ0) is 46.7. The number of rotatable bonds is 6. The molecule has 1 nitrogen and oxygen atoms in total. The molecule has 0 N–H and O–H groups in total. The molecule has 0 aliphatic rings. The predicted molar refractivity (Wildman–Crippen MR) is 180 cm³/mol. The first-order valence-corrected chi connectivity index (χ1v) is 17.0. The van der Waals surface area contributed by atoms with Gasteiger partial charge in [0.25, 0.3) is 0 Å². The van der Waals surface area contributed by atoms with E-state index in [4.69, 9.17) is 0 Å². The Hall–Kier alpha value is -6.09. The minimum Gasteiger partial charge on any atom is -0.207 e. The van der Waals surface area contributed by atoms with Crippen LogP contribution in [0.2, 0.25) is 0 Å². The van der Waals surface area contributed by atoms with Gasteiger partial charge in [-0.2, -0.15) is 0 Å². The standard InChI is InChI=1S/C24BF20.C16H20N/c26-5-1(6(27)14(35)21(42)13(5)34)25(2-7(28)15(36)22(43)16(37)8(2)29,3-9(30)17(38)23(44)18(39)10(3)31)4-11(32)19(40)24(45)20(41)12(4)33;1-16(2,3)15-9-7-14(8-10-15)13-17-11-5-4-6-12-17/h;4-12H,13H2,1-3H3/q-1;+1. The first-order valence-electron chi connectivity index (χ1n) is 17.0. The predicted octanol–water partition coefficient (Wildman–Crippen LogP) is 9.17. The van der Waals surface area contributed by atoms with Gasteiger partial charge in [0, 0.05) is 17.7 Å². The third kappa shape index (κ3) is 7.50. The summed E-state index contributed by atoms with van der Waals surface area (Å²) in [6.45, 7) is 7.67. The molecular weight excluding hydrogens is 885 g/mol. The molecule has 6 aromatic rings. The molecule has 22 heteroatoms. The summed E-state index contributed by atoms with van der Waals surface area (Å²) >= 11 is 0. The maximum absolute atomic E-state index is 15.4. The van der Waals surface area contributed by atoms with Crippen molar-refractivity contribution in [1.82, 2.24) is 0 Å². The minimum atomic E-state index is -7.22. The second-order valence-electron chi connectivity index (χ2n) is 14.3. The fraction of sp³-hybridized carbons (Fsp3) is 0.125. The zero-order valence-electron chi connectivity index (χ0n) is 31.0. The Morgan fingerprint density at radius 1 is 0.339 bits per heavy atom. The van der Waals surface area contributed by atoms with E-state index in [1.807, 2.05) is 6.07 Å². The van der Waals surface area contributed by atoms with Gasteiger partial charge < -0.3 is 0 Å². The van der Waals surface area contributed by atoms with E-state index in [1.54, 1.807) is 0 Å². The van der Waals surface area contributed by atoms with E-state index in [-0.39, 0.29) is 5.41 Å². The van der Waals surface area contributed by atoms with Crippen LogP contribution in [-0.2, 0) is 12.0 Å². The molecule has 0 bridgehead atoms. The molecule has 5 aromatic carbocycles. The fourth-order valence-corrected chi connectivity index (χ4v) is 6.73. The van der Waals surface area contributed by atoms with E-state index in [9.17, 15) is 52.7 Å². The van der Waals surface area contributed by atoms with Crippen LogP contribution in [0.1, 0.15) is 31.9 Å². The van der Waals surface area contributed by atoms with Crippen molar-refractivity contribution in [1.29, 1.82) is 0 Å². The Labute approximate surface area is 335 Å². The Kier molecular flexibility index (Phi) is 12.9. The second-order valence-corrected chi connectivity index (χ2v) is 14.3. The summed E-state index contributed by atoms with van der Waals surface area (Å²) in [5.41, 5.74) is -11.4. The van der Waals surface area contributed by atoms with E-state index < -0.39 is 144 Å². The van der Waals surface area contributed by atoms with Crippen molar-refractivity contribution < 1.29 is 92.4 Å². The average Bonchev–Trinajstić information content (AvgIpc) is 3.24. The van der Waals surface area contributed by atoms with E-state index in [2.05, 4.69) is 74.1 Å². The lowest BCUT2D eigenvalue weighted by atomic mass is 9.12. The summed E-state index contributed by atoms with van der Waals surface area (Å²) in [5, 5.41) is 0. The number of halogens is 20. The molecule has 0 fully saturated rings. The summed E-state index contributed by atoms with van der Waals surface area (Å²) in [7, 11) is 0. The maximum Gasteiger partial charge on any atom is 0.200 e. The molecule has 0 saturated heterocycles. The van der Waals surface area contributed by atoms with Crippen LogP contribution >= 0.6 is 0 Å². The van der Waals surface area contributed by atoms with E-state index in [0.29, 0.717) is 0 Å². The highest BCUT2D eigenvalue weighted by molar-refractivity contribution is 7.20. The molecule has 0 atom stereocenters. The maximum atomic E-state index is 15.4. The molecule has 0 radical (unpaired) electrons. The third-order valence-corrected chi connectivity index (χ3v) is 9.67. The topological polar surface area (TPSA) is 3.88 Å². The van der Waals surface area contributed by atoms with Gasteiger partial charge >= 0.3 is 0 Å². The van der Waals surface area contributed by atoms with Gasteiger partial charge in [-0.05, 0) is 11.0 Å². The lowest BCUT2D eigenvalue weighted by Gasteiger charge is -2.44. The Morgan fingerprint density at radius 3 is 0.790 bits per heavy atom. The van der Waals surface area contributed by atoms with Gasteiger partial charge in [0.15, 0.2) is 88.7 Å². The third-order valence-electron chi connectivity index (χ3n) is 9.67. The lowest BCUT2D eigenvalue weighted by molar-refractivity contribution is -0.688. The van der Waals surface area contributed by atoms with Gasteiger partial charge in [-0.3, -0.25) is 0 Å². The Morgan fingerprint density at radius 2 is 0.565 bits per heavy atom. The van der Waals surface area contributed by atoms with E-state index >= 15 is 35.1 Å². The first-order chi connectivity index (χ1) is 28.8. The van der Waals surface area contributed by atoms with Gasteiger partial charge in [-0.1, -0.05) is 51.1 Å². The summed E-state index contributed by atoms with van der Waals surface area (Å²) < 4.78 is 296. The normalized spacial score (nSPS) is 11.9. The average molecular weight is 905 g/mol. The molecule has 0 unspecified atom stereocenters. The van der Waals surface area contributed by atoms with Crippen molar-refractivity contribution in [3.8, 4) is 0 Å². The molecule has 328 valence electrons. The van der Waals surface area contributed by atoms with Crippen LogP contribution in [0.5, 0.6) is 0 Å². The Balaban J connectivity index is 0.000000355. The van der Waals surface area contributed by atoms with Gasteiger partial charge in [0.2, 0.25) is 0 Å². The molecule has 0 saturated carbocycles. The first kappa shape index (κ1) is 47.0. The molecule has 1 aromatic heterocycles. The lowest BCUT2D eigenvalue weighted by Crippen LogP contribution is -2.81. The highest BCUT2D eigenvalue weighted by Gasteiger charge is 2.52. The van der Waals surface area contributed by atoms with E-state index in [1.165, 1.54) is 11.1 Å². The van der Waals surface area contributed by atoms with Crippen LogP contribution < -0.4 is 26.4 Å². The largest absolute Gasteiger partial charge is 0.207 e. The van der Waals surface area contributed by atoms with Gasteiger partial charge in [0.05, 0.1) is 0 Å². The van der Waals surface area contributed by atoms with Crippen molar-refractivity contribution in [3.63, 3.8) is 0 Å². The summed E-state index contributed by atoms with van der Waals surface area (Å²) in [4.78, 5) is 0. The van der Waals surface area contributed by atoms with Crippen LogP contribution in [0, 0.1) is 116 Å². The highest BCUT2D eigenvalue weighted by Crippen LogP contribution is 2.31.